The van der Waals surface area contributed by atoms with Gasteiger partial charge in [0.25, 0.3) is 0 Å². The highest BCUT2D eigenvalue weighted by atomic mass is 32.1. The lowest BCUT2D eigenvalue weighted by atomic mass is 10.3. The van der Waals surface area contributed by atoms with Crippen LogP contribution in [0.5, 0.6) is 11.5 Å². The lowest BCUT2D eigenvalue weighted by molar-refractivity contribution is 0.452. The van der Waals surface area contributed by atoms with Crippen molar-refractivity contribution < 1.29 is 10.2 Å². The van der Waals surface area contributed by atoms with E-state index in [1.165, 1.54) is 12.1 Å². The highest BCUT2D eigenvalue weighted by Gasteiger charge is 2.03. The minimum atomic E-state index is -0.0281. The molecule has 0 spiro atoms. The minimum absolute atomic E-state index is 0.0212. The topological polar surface area (TPSA) is 64.5 Å². The quantitative estimate of drug-likeness (QED) is 0.281. The van der Waals surface area contributed by atoms with Crippen LogP contribution in [0.2, 0.25) is 0 Å². The molecule has 0 aliphatic heterocycles. The second kappa shape index (κ2) is 6.17. The number of thiocarbonyl (C=S) groups is 1. The summed E-state index contributed by atoms with van der Waals surface area (Å²) in [5.74, 6) is -0.00690. The van der Waals surface area contributed by atoms with Crippen LogP contribution < -0.4 is 10.6 Å². The number of hydrogen-bond donors (Lipinski definition) is 4. The average Bonchev–Trinajstić information content (AvgIpc) is 2.23. The normalized spacial score (nSPS) is 9.81. The second-order valence-electron chi connectivity index (χ2n) is 3.44. The van der Waals surface area contributed by atoms with Crippen LogP contribution in [0.3, 0.4) is 0 Å². The number of anilines is 1. The highest BCUT2D eigenvalue weighted by molar-refractivity contribution is 7.80. The molecule has 16 heavy (non-hydrogen) atoms. The third-order valence-corrected chi connectivity index (χ3v) is 2.29. The van der Waals surface area contributed by atoms with Crippen LogP contribution in [0.25, 0.3) is 0 Å². The Hall–Kier alpha value is -1.49. The Morgan fingerprint density at radius 3 is 2.75 bits per heavy atom. The number of rotatable bonds is 4. The lowest BCUT2D eigenvalue weighted by Crippen LogP contribution is -2.29. The second-order valence-corrected chi connectivity index (χ2v) is 3.84. The van der Waals surface area contributed by atoms with E-state index in [1.807, 2.05) is 0 Å². The SMILES string of the molecule is CCCCNC(=S)Nc1ccc(O)cc1O. The molecule has 0 radical (unpaired) electrons. The third kappa shape index (κ3) is 3.94. The van der Waals surface area contributed by atoms with Gasteiger partial charge in [-0.25, -0.2) is 0 Å². The van der Waals surface area contributed by atoms with Crippen molar-refractivity contribution in [3.63, 3.8) is 0 Å². The Kier molecular flexibility index (Phi) is 4.85. The van der Waals surface area contributed by atoms with E-state index in [2.05, 4.69) is 17.6 Å². The summed E-state index contributed by atoms with van der Waals surface area (Å²) in [6.45, 7) is 2.91. The van der Waals surface area contributed by atoms with Crippen LogP contribution in [0.15, 0.2) is 18.2 Å². The van der Waals surface area contributed by atoms with Crippen molar-refractivity contribution in [2.75, 3.05) is 11.9 Å². The predicted octanol–water partition coefficient (Wildman–Crippen LogP) is 2.18. The van der Waals surface area contributed by atoms with E-state index >= 15 is 0 Å². The fourth-order valence-electron chi connectivity index (χ4n) is 1.17. The first kappa shape index (κ1) is 12.6. The van der Waals surface area contributed by atoms with Crippen molar-refractivity contribution in [3.05, 3.63) is 18.2 Å². The molecule has 0 bridgehead atoms. The number of phenolic OH excluding ortho intramolecular Hbond substituents is 2. The molecule has 0 atom stereocenters. The number of unbranched alkanes of at least 4 members (excludes halogenated alkanes) is 1. The van der Waals surface area contributed by atoms with Crippen molar-refractivity contribution in [3.8, 4) is 11.5 Å². The molecule has 4 nitrogen and oxygen atoms in total. The van der Waals surface area contributed by atoms with Gasteiger partial charge in [0.2, 0.25) is 0 Å². The summed E-state index contributed by atoms with van der Waals surface area (Å²) in [4.78, 5) is 0. The minimum Gasteiger partial charge on any atom is -0.508 e. The molecule has 0 aliphatic carbocycles. The molecule has 1 rings (SSSR count). The number of aromatic hydroxyl groups is 2. The summed E-state index contributed by atoms with van der Waals surface area (Å²) >= 11 is 5.05. The van der Waals surface area contributed by atoms with Crippen molar-refractivity contribution in [1.29, 1.82) is 0 Å². The molecule has 0 amide bonds. The van der Waals surface area contributed by atoms with Gasteiger partial charge in [-0.05, 0) is 30.8 Å². The smallest absolute Gasteiger partial charge is 0.170 e. The standard InChI is InChI=1S/C11H16N2O2S/c1-2-3-6-12-11(16)13-9-5-4-8(14)7-10(9)15/h4-5,7,14-15H,2-3,6H2,1H3,(H2,12,13,16). The zero-order chi connectivity index (χ0) is 12.0. The maximum Gasteiger partial charge on any atom is 0.170 e. The van der Waals surface area contributed by atoms with Gasteiger partial charge in [0.1, 0.15) is 11.5 Å². The van der Waals surface area contributed by atoms with Gasteiger partial charge in [-0.3, -0.25) is 0 Å². The zero-order valence-electron chi connectivity index (χ0n) is 9.16. The Balaban J connectivity index is 2.49. The molecule has 5 heteroatoms. The first-order valence-corrected chi connectivity index (χ1v) is 5.61. The Labute approximate surface area is 100 Å². The van der Waals surface area contributed by atoms with Crippen LogP contribution in [-0.2, 0) is 0 Å². The molecule has 88 valence electrons. The van der Waals surface area contributed by atoms with Crippen molar-refractivity contribution in [1.82, 2.24) is 5.32 Å². The molecule has 1 aromatic carbocycles. The van der Waals surface area contributed by atoms with E-state index < -0.39 is 0 Å². The van der Waals surface area contributed by atoms with Gasteiger partial charge in [-0.15, -0.1) is 0 Å². The zero-order valence-corrected chi connectivity index (χ0v) is 9.97. The van der Waals surface area contributed by atoms with Crippen molar-refractivity contribution in [2.45, 2.75) is 19.8 Å². The molecule has 0 fully saturated rings. The molecule has 0 heterocycles. The molecular formula is C11H16N2O2S. The molecule has 1 aromatic rings. The van der Waals surface area contributed by atoms with Gasteiger partial charge in [-0.1, -0.05) is 13.3 Å². The monoisotopic (exact) mass is 240 g/mol. The van der Waals surface area contributed by atoms with E-state index in [4.69, 9.17) is 17.3 Å². The van der Waals surface area contributed by atoms with E-state index in [9.17, 15) is 5.11 Å². The molecule has 0 aromatic heterocycles. The molecule has 0 saturated heterocycles. The van der Waals surface area contributed by atoms with Gasteiger partial charge < -0.3 is 20.8 Å². The molecule has 0 aliphatic rings. The van der Waals surface area contributed by atoms with Crippen LogP contribution in [0.4, 0.5) is 5.69 Å². The first-order chi connectivity index (χ1) is 7.63. The van der Waals surface area contributed by atoms with Gasteiger partial charge in [0.05, 0.1) is 5.69 Å². The fourth-order valence-corrected chi connectivity index (χ4v) is 1.38. The Morgan fingerprint density at radius 1 is 1.38 bits per heavy atom. The summed E-state index contributed by atoms with van der Waals surface area (Å²) in [6, 6.07) is 4.31. The van der Waals surface area contributed by atoms with E-state index in [-0.39, 0.29) is 11.5 Å². The predicted molar refractivity (Wildman–Crippen MR) is 68.9 cm³/mol. The van der Waals surface area contributed by atoms with Crippen LogP contribution in [-0.4, -0.2) is 21.9 Å². The van der Waals surface area contributed by atoms with Gasteiger partial charge in [0.15, 0.2) is 5.11 Å². The largest absolute Gasteiger partial charge is 0.508 e. The number of benzene rings is 1. The number of hydrogen-bond acceptors (Lipinski definition) is 3. The third-order valence-electron chi connectivity index (χ3n) is 2.05. The van der Waals surface area contributed by atoms with Crippen LogP contribution >= 0.6 is 12.2 Å². The van der Waals surface area contributed by atoms with E-state index in [0.717, 1.165) is 19.4 Å². The van der Waals surface area contributed by atoms with E-state index in [1.54, 1.807) is 6.07 Å². The van der Waals surface area contributed by atoms with Gasteiger partial charge in [0, 0.05) is 12.6 Å². The van der Waals surface area contributed by atoms with Crippen molar-refractivity contribution >= 4 is 23.0 Å². The fraction of sp³-hybridized carbons (Fsp3) is 0.364. The Morgan fingerprint density at radius 2 is 2.12 bits per heavy atom. The summed E-state index contributed by atoms with van der Waals surface area (Å²) in [6.07, 6.45) is 2.14. The summed E-state index contributed by atoms with van der Waals surface area (Å²) < 4.78 is 0. The maximum atomic E-state index is 9.50. The average molecular weight is 240 g/mol. The van der Waals surface area contributed by atoms with E-state index in [0.29, 0.717) is 10.8 Å². The molecule has 4 N–H and O–H groups in total. The number of nitrogens with one attached hydrogen (secondary N) is 2. The summed E-state index contributed by atoms with van der Waals surface area (Å²) in [7, 11) is 0. The summed E-state index contributed by atoms with van der Waals surface area (Å²) in [5, 5.41) is 25.0. The molecule has 0 unspecified atom stereocenters. The number of phenols is 2. The highest BCUT2D eigenvalue weighted by Crippen LogP contribution is 2.26. The Bertz CT molecular complexity index is 369. The van der Waals surface area contributed by atoms with Crippen LogP contribution in [0, 0.1) is 0 Å². The maximum absolute atomic E-state index is 9.50. The lowest BCUT2D eigenvalue weighted by Gasteiger charge is -2.11. The molecular weight excluding hydrogens is 224 g/mol. The molecule has 0 saturated carbocycles. The van der Waals surface area contributed by atoms with Crippen molar-refractivity contribution in [2.24, 2.45) is 0 Å². The first-order valence-electron chi connectivity index (χ1n) is 5.20. The van der Waals surface area contributed by atoms with Gasteiger partial charge >= 0.3 is 0 Å². The summed E-state index contributed by atoms with van der Waals surface area (Å²) in [5.41, 5.74) is 0.479. The van der Waals surface area contributed by atoms with Gasteiger partial charge in [-0.2, -0.15) is 0 Å². The van der Waals surface area contributed by atoms with Crippen LogP contribution in [0.1, 0.15) is 19.8 Å².